The van der Waals surface area contributed by atoms with Crippen LogP contribution in [0.2, 0.25) is 0 Å². The molecule has 0 aromatic carbocycles. The minimum Gasteiger partial charge on any atom is -0.862 e. The van der Waals surface area contributed by atoms with Crippen LogP contribution in [-0.4, -0.2) is 68.3 Å². The van der Waals surface area contributed by atoms with Crippen LogP contribution >= 0.6 is 0 Å². The van der Waals surface area contributed by atoms with Crippen molar-refractivity contribution in [2.75, 3.05) is 26.3 Å². The first kappa shape index (κ1) is 57.9. The quantitative estimate of drug-likeness (QED) is 0.0162. The summed E-state index contributed by atoms with van der Waals surface area (Å²) in [4.78, 5) is 40.5. The maximum atomic E-state index is 12.4. The van der Waals surface area contributed by atoms with E-state index in [-0.39, 0.29) is 67.7 Å². The number of hydrogen-bond donors (Lipinski definition) is 2. The molecule has 0 saturated heterocycles. The maximum Gasteiger partial charge on any atom is 1.00 e. The summed E-state index contributed by atoms with van der Waals surface area (Å²) >= 11 is 0. The number of carbonyl (C=O) groups is 3. The molecular weight excluding hydrogens is 756 g/mol. The van der Waals surface area contributed by atoms with Gasteiger partial charge in [0.05, 0.1) is 19.5 Å². The topological polar surface area (TPSA) is 171 Å². The fraction of sp³-hybridized carbons (Fsp3) is 0.909. The van der Waals surface area contributed by atoms with Crippen LogP contribution in [0.15, 0.2) is 4.99 Å². The number of nitrogens with one attached hydrogen (secondary N) is 1. The Labute approximate surface area is 370 Å². The van der Waals surface area contributed by atoms with E-state index in [0.29, 0.717) is 12.8 Å². The van der Waals surface area contributed by atoms with Crippen molar-refractivity contribution >= 4 is 33.9 Å². The Hall–Kier alpha value is -1.21. The van der Waals surface area contributed by atoms with Gasteiger partial charge in [-0.1, -0.05) is 194 Å². The summed E-state index contributed by atoms with van der Waals surface area (Å²) in [6, 6.07) is 0. The SMILES string of the molecule is CCCCCCCCCCCCCCCCCC(=O)NCCOC(=O)C(CC(=O)OCCN=C([O-])CCCCCCCCCCCCCCCCC)S(=O)(=O)O.[Na+]. The van der Waals surface area contributed by atoms with E-state index in [0.717, 1.165) is 38.5 Å². The van der Waals surface area contributed by atoms with Gasteiger partial charge in [-0.3, -0.25) is 18.9 Å². The molecule has 0 rings (SSSR count). The van der Waals surface area contributed by atoms with Gasteiger partial charge in [0.1, 0.15) is 13.2 Å². The van der Waals surface area contributed by atoms with Crippen molar-refractivity contribution < 1.29 is 71.5 Å². The molecule has 13 heteroatoms. The van der Waals surface area contributed by atoms with Crippen molar-refractivity contribution in [3.63, 3.8) is 0 Å². The number of rotatable bonds is 42. The van der Waals surface area contributed by atoms with Crippen LogP contribution in [-0.2, 0) is 34.0 Å². The van der Waals surface area contributed by atoms with Gasteiger partial charge in [0, 0.05) is 6.42 Å². The van der Waals surface area contributed by atoms with E-state index in [1.54, 1.807) is 0 Å². The summed E-state index contributed by atoms with van der Waals surface area (Å²) in [7, 11) is -4.96. The minimum atomic E-state index is -4.96. The molecule has 2 N–H and O–H groups in total. The number of aliphatic imine (C=N–C) groups is 1. The smallest absolute Gasteiger partial charge is 0.862 e. The molecule has 0 aromatic heterocycles. The predicted octanol–water partition coefficient (Wildman–Crippen LogP) is 7.12. The number of nitrogens with zero attached hydrogens (tertiary/aromatic N) is 1. The summed E-state index contributed by atoms with van der Waals surface area (Å²) in [6.45, 7) is 3.81. The molecule has 57 heavy (non-hydrogen) atoms. The molecule has 0 saturated carbocycles. The summed E-state index contributed by atoms with van der Waals surface area (Å²) in [6.07, 6.45) is 36.9. The summed E-state index contributed by atoms with van der Waals surface area (Å²) in [5.41, 5.74) is 0. The molecule has 1 atom stereocenters. The Morgan fingerprint density at radius 2 is 0.947 bits per heavy atom. The Balaban J connectivity index is 0. The number of amides is 1. The van der Waals surface area contributed by atoms with Crippen molar-refractivity contribution in [2.45, 2.75) is 231 Å². The Kier molecular flexibility index (Phi) is 43.6. The van der Waals surface area contributed by atoms with Gasteiger partial charge in [0.25, 0.3) is 10.1 Å². The van der Waals surface area contributed by atoms with Gasteiger partial charge < -0.3 is 24.9 Å². The van der Waals surface area contributed by atoms with Crippen molar-refractivity contribution in [3.8, 4) is 0 Å². The van der Waals surface area contributed by atoms with Crippen molar-refractivity contribution in [1.29, 1.82) is 0 Å². The van der Waals surface area contributed by atoms with E-state index in [2.05, 4.69) is 24.2 Å². The van der Waals surface area contributed by atoms with E-state index < -0.39 is 33.7 Å². The maximum absolute atomic E-state index is 12.4. The van der Waals surface area contributed by atoms with Gasteiger partial charge in [-0.25, -0.2) is 0 Å². The minimum absolute atomic E-state index is 0. The summed E-state index contributed by atoms with van der Waals surface area (Å²) < 4.78 is 42.9. The molecule has 0 aromatic rings. The van der Waals surface area contributed by atoms with E-state index >= 15 is 0 Å². The van der Waals surface area contributed by atoms with Crippen LogP contribution in [0.5, 0.6) is 0 Å². The first-order valence-corrected chi connectivity index (χ1v) is 24.4. The fourth-order valence-corrected chi connectivity index (χ4v) is 7.42. The molecule has 1 unspecified atom stereocenters. The number of esters is 2. The molecular formula is C44H83N2NaO9S. The number of ether oxygens (including phenoxy) is 2. The third-order valence-electron chi connectivity index (χ3n) is 10.3. The number of hydrogen-bond acceptors (Lipinski definition) is 9. The summed E-state index contributed by atoms with van der Waals surface area (Å²) in [5.74, 6) is -2.84. The number of carbonyl (C=O) groups excluding carboxylic acids is 3. The molecule has 0 heterocycles. The first-order chi connectivity index (χ1) is 27.1. The Bertz CT molecular complexity index is 1090. The van der Waals surface area contributed by atoms with Crippen LogP contribution in [0.3, 0.4) is 0 Å². The van der Waals surface area contributed by atoms with Gasteiger partial charge in [-0.2, -0.15) is 8.42 Å². The molecule has 0 radical (unpaired) electrons. The standard InChI is InChI=1S/C44H84N2O9S.Na/c1-3-5-7-9-11-13-15-17-19-21-23-25-27-29-31-33-41(47)45-35-37-54-43(49)39-40(56(51,52)53)44(50)55-38-36-46-42(48)34-32-30-28-26-24-22-20-18-16-14-12-10-8-6-4-2;/h40H,3-39H2,1-2H3,(H,45,47)(H,46,48)(H,51,52,53);/q;+1/p-1. The molecule has 0 aliphatic carbocycles. The van der Waals surface area contributed by atoms with E-state index in [9.17, 15) is 32.5 Å². The second kappa shape index (κ2) is 42.9. The van der Waals surface area contributed by atoms with Crippen molar-refractivity contribution in [2.24, 2.45) is 4.99 Å². The second-order valence-corrected chi connectivity index (χ2v) is 17.2. The van der Waals surface area contributed by atoms with Crippen LogP contribution in [0, 0.1) is 0 Å². The molecule has 1 amide bonds. The summed E-state index contributed by atoms with van der Waals surface area (Å²) in [5, 5.41) is 12.5. The van der Waals surface area contributed by atoms with Crippen LogP contribution < -0.4 is 40.0 Å². The Morgan fingerprint density at radius 1 is 0.579 bits per heavy atom. The van der Waals surface area contributed by atoms with Gasteiger partial charge in [0.15, 0.2) is 5.25 Å². The van der Waals surface area contributed by atoms with Crippen LogP contribution in [0.1, 0.15) is 226 Å². The van der Waals surface area contributed by atoms with Crippen LogP contribution in [0.4, 0.5) is 0 Å². The predicted molar refractivity (Wildman–Crippen MR) is 226 cm³/mol. The molecule has 0 bridgehead atoms. The van der Waals surface area contributed by atoms with Gasteiger partial charge in [0.2, 0.25) is 5.91 Å². The normalized spacial score (nSPS) is 12.2. The number of unbranched alkanes of at least 4 members (excludes halogenated alkanes) is 28. The zero-order chi connectivity index (χ0) is 41.4. The van der Waals surface area contributed by atoms with E-state index in [4.69, 9.17) is 9.47 Å². The molecule has 0 fully saturated rings. The zero-order valence-corrected chi connectivity index (χ0v) is 39.6. The van der Waals surface area contributed by atoms with E-state index in [1.807, 2.05) is 0 Å². The van der Waals surface area contributed by atoms with Crippen LogP contribution in [0.25, 0.3) is 0 Å². The second-order valence-electron chi connectivity index (χ2n) is 15.6. The van der Waals surface area contributed by atoms with Gasteiger partial charge in [-0.05, 0) is 25.2 Å². The van der Waals surface area contributed by atoms with Gasteiger partial charge in [-0.15, -0.1) is 0 Å². The van der Waals surface area contributed by atoms with Crippen molar-refractivity contribution in [3.05, 3.63) is 0 Å². The molecule has 11 nitrogen and oxygen atoms in total. The van der Waals surface area contributed by atoms with E-state index in [1.165, 1.54) is 154 Å². The molecule has 0 spiro atoms. The third kappa shape index (κ3) is 41.3. The molecule has 0 aliphatic heterocycles. The zero-order valence-electron chi connectivity index (χ0n) is 36.8. The monoisotopic (exact) mass is 839 g/mol. The third-order valence-corrected chi connectivity index (χ3v) is 11.4. The van der Waals surface area contributed by atoms with Crippen molar-refractivity contribution in [1.82, 2.24) is 5.32 Å². The van der Waals surface area contributed by atoms with Gasteiger partial charge >= 0.3 is 41.5 Å². The average molecular weight is 839 g/mol. The molecule has 0 aliphatic rings. The average Bonchev–Trinajstić information content (AvgIpc) is 3.16. The Morgan fingerprint density at radius 3 is 1.33 bits per heavy atom. The first-order valence-electron chi connectivity index (χ1n) is 22.9. The fourth-order valence-electron chi connectivity index (χ4n) is 6.76. The largest absolute Gasteiger partial charge is 1.00 e. The molecule has 330 valence electrons.